The number of aliphatic hydroxyl groups is 2. The molecule has 1 aromatic carbocycles. The number of alkyl halides is 1. The summed E-state index contributed by atoms with van der Waals surface area (Å²) >= 11 is 15.1. The van der Waals surface area contributed by atoms with Gasteiger partial charge in [0.2, 0.25) is 5.91 Å². The molecule has 200 valence electrons. The van der Waals surface area contributed by atoms with Crippen LogP contribution in [0.5, 0.6) is 0 Å². The van der Waals surface area contributed by atoms with E-state index in [1.165, 1.54) is 0 Å². The third-order valence-corrected chi connectivity index (χ3v) is 8.18. The average Bonchev–Trinajstić information content (AvgIpc) is 3.65. The fourth-order valence-corrected chi connectivity index (χ4v) is 6.26. The monoisotopic (exact) mass is 676 g/mol. The van der Waals surface area contributed by atoms with E-state index >= 15 is 0 Å². The molecule has 1 aliphatic heterocycles. The summed E-state index contributed by atoms with van der Waals surface area (Å²) < 4.78 is 2.44. The lowest BCUT2D eigenvalue weighted by molar-refractivity contribution is -0.133. The minimum Gasteiger partial charge on any atom is -0.387 e. The molecule has 5 aromatic rings. The molecular weight excluding hydrogens is 654 g/mol. The van der Waals surface area contributed by atoms with Crippen molar-refractivity contribution >= 4 is 68.3 Å². The van der Waals surface area contributed by atoms with Gasteiger partial charge in [-0.3, -0.25) is 18.9 Å². The second kappa shape index (κ2) is 10.0. The van der Waals surface area contributed by atoms with Gasteiger partial charge in [0.05, 0.1) is 39.2 Å². The Kier molecular flexibility index (Phi) is 6.79. The standard InChI is InChI=1S/C27H23Cl2IN6O3/c1-27(30,39)25-24(23-19(28)3-2-4-20(23)29)33-26-18-9-15(10-31-21(18)6-8-35(25)26)16-11-32-36(12-16)17-5-7-34(13-17)22(38)14-37/h2-4,6,8-12,17,37,39H,5,7,13-14H2,1H3/t17-,27?/m0/s1. The van der Waals surface area contributed by atoms with E-state index in [4.69, 9.17) is 33.3 Å². The summed E-state index contributed by atoms with van der Waals surface area (Å²) in [5.41, 5.74) is 4.69. The van der Waals surface area contributed by atoms with Crippen LogP contribution in [0.2, 0.25) is 10.0 Å². The highest BCUT2D eigenvalue weighted by molar-refractivity contribution is 14.1. The number of carbonyl (C=O) groups excluding carboxylic acids is 1. The van der Waals surface area contributed by atoms with Crippen LogP contribution < -0.4 is 0 Å². The predicted molar refractivity (Wildman–Crippen MR) is 158 cm³/mol. The number of halogens is 3. The minimum atomic E-state index is -1.28. The van der Waals surface area contributed by atoms with Gasteiger partial charge in [0, 0.05) is 53.8 Å². The van der Waals surface area contributed by atoms with Crippen molar-refractivity contribution in [1.82, 2.24) is 29.0 Å². The van der Waals surface area contributed by atoms with E-state index < -0.39 is 10.2 Å². The van der Waals surface area contributed by atoms with E-state index in [1.54, 1.807) is 42.4 Å². The molecule has 39 heavy (non-hydrogen) atoms. The van der Waals surface area contributed by atoms with E-state index in [-0.39, 0.29) is 11.9 Å². The smallest absolute Gasteiger partial charge is 0.248 e. The van der Waals surface area contributed by atoms with Crippen LogP contribution in [0.4, 0.5) is 0 Å². The molecule has 0 bridgehead atoms. The Morgan fingerprint density at radius 3 is 2.69 bits per heavy atom. The van der Waals surface area contributed by atoms with Gasteiger partial charge in [0.1, 0.15) is 12.3 Å². The van der Waals surface area contributed by atoms with Crippen LogP contribution in [0, 0.1) is 0 Å². The van der Waals surface area contributed by atoms with Gasteiger partial charge in [-0.05, 0) is 60.2 Å². The van der Waals surface area contributed by atoms with Gasteiger partial charge in [-0.25, -0.2) is 4.98 Å². The first-order valence-corrected chi connectivity index (χ1v) is 14.1. The van der Waals surface area contributed by atoms with Gasteiger partial charge < -0.3 is 15.1 Å². The molecular formula is C27H23Cl2IN6O3. The molecule has 0 aliphatic carbocycles. The van der Waals surface area contributed by atoms with Crippen molar-refractivity contribution in [2.75, 3.05) is 19.7 Å². The van der Waals surface area contributed by atoms with Crippen molar-refractivity contribution in [3.05, 3.63) is 70.9 Å². The maximum Gasteiger partial charge on any atom is 0.248 e. The summed E-state index contributed by atoms with van der Waals surface area (Å²) in [6.07, 6.45) is 8.12. The van der Waals surface area contributed by atoms with Crippen LogP contribution in [0.25, 0.3) is 38.9 Å². The zero-order valence-electron chi connectivity index (χ0n) is 20.7. The average molecular weight is 677 g/mol. The summed E-state index contributed by atoms with van der Waals surface area (Å²) in [6, 6.07) is 9.19. The van der Waals surface area contributed by atoms with Crippen molar-refractivity contribution < 1.29 is 15.0 Å². The molecule has 4 aromatic heterocycles. The number of imidazole rings is 1. The first-order chi connectivity index (χ1) is 18.7. The molecule has 2 atom stereocenters. The van der Waals surface area contributed by atoms with Crippen LogP contribution in [0.1, 0.15) is 25.1 Å². The SMILES string of the molecule is CC(O)(I)c1c(-c2c(Cl)cccc2Cl)nc2c3cc(-c4cnn([C@H]5CCN(C(=O)CO)C5)c4)cnc3ccn12. The van der Waals surface area contributed by atoms with Crippen molar-refractivity contribution in [2.24, 2.45) is 0 Å². The molecule has 1 aliphatic rings. The van der Waals surface area contributed by atoms with Gasteiger partial charge >= 0.3 is 0 Å². The van der Waals surface area contributed by atoms with Crippen LogP contribution >= 0.6 is 45.8 Å². The fourth-order valence-electron chi connectivity index (χ4n) is 5.16. The van der Waals surface area contributed by atoms with E-state index in [1.807, 2.05) is 56.2 Å². The molecule has 0 saturated carbocycles. The van der Waals surface area contributed by atoms with Gasteiger partial charge in [-0.1, -0.05) is 29.3 Å². The third kappa shape index (κ3) is 4.67. The highest BCUT2D eigenvalue weighted by Gasteiger charge is 2.31. The van der Waals surface area contributed by atoms with E-state index in [0.29, 0.717) is 45.7 Å². The normalized spacial score (nSPS) is 17.3. The molecule has 5 heterocycles. The summed E-state index contributed by atoms with van der Waals surface area (Å²) in [6.45, 7) is 2.31. The highest BCUT2D eigenvalue weighted by Crippen LogP contribution is 2.43. The molecule has 12 heteroatoms. The van der Waals surface area contributed by atoms with E-state index in [0.717, 1.165) is 28.5 Å². The number of pyridine rings is 2. The number of carbonyl (C=O) groups is 1. The molecule has 0 spiro atoms. The van der Waals surface area contributed by atoms with E-state index in [9.17, 15) is 9.90 Å². The maximum absolute atomic E-state index is 11.9. The second-order valence-electron chi connectivity index (χ2n) is 9.67. The van der Waals surface area contributed by atoms with Crippen molar-refractivity contribution in [1.29, 1.82) is 0 Å². The lowest BCUT2D eigenvalue weighted by atomic mass is 10.1. The lowest BCUT2D eigenvalue weighted by Gasteiger charge is -2.18. The molecule has 0 radical (unpaired) electrons. The number of nitrogens with zero attached hydrogens (tertiary/aromatic N) is 6. The molecule has 9 nitrogen and oxygen atoms in total. The van der Waals surface area contributed by atoms with Crippen molar-refractivity contribution in [3.63, 3.8) is 0 Å². The van der Waals surface area contributed by atoms with Gasteiger partial charge in [0.25, 0.3) is 0 Å². The summed E-state index contributed by atoms with van der Waals surface area (Å²) in [5, 5.41) is 26.5. The Morgan fingerprint density at radius 1 is 1.21 bits per heavy atom. The van der Waals surface area contributed by atoms with Crippen molar-refractivity contribution in [2.45, 2.75) is 23.0 Å². The molecule has 1 saturated heterocycles. The highest BCUT2D eigenvalue weighted by atomic mass is 127. The number of hydrogen-bond donors (Lipinski definition) is 2. The zero-order chi connectivity index (χ0) is 27.5. The first-order valence-electron chi connectivity index (χ1n) is 12.3. The lowest BCUT2D eigenvalue weighted by Crippen LogP contribution is -2.31. The van der Waals surface area contributed by atoms with E-state index in [2.05, 4.69) is 10.1 Å². The van der Waals surface area contributed by atoms with Crippen LogP contribution in [0.3, 0.4) is 0 Å². The van der Waals surface area contributed by atoms with Gasteiger partial charge in [-0.2, -0.15) is 5.10 Å². The Bertz CT molecular complexity index is 1730. The molecule has 1 amide bonds. The number of aromatic nitrogens is 5. The zero-order valence-corrected chi connectivity index (χ0v) is 24.4. The summed E-state index contributed by atoms with van der Waals surface area (Å²) in [4.78, 5) is 23.1. The fraction of sp³-hybridized carbons (Fsp3) is 0.259. The third-order valence-electron chi connectivity index (χ3n) is 7.04. The van der Waals surface area contributed by atoms with Gasteiger partial charge in [0.15, 0.2) is 3.61 Å². The molecule has 1 unspecified atom stereocenters. The summed E-state index contributed by atoms with van der Waals surface area (Å²) in [7, 11) is 0. The first kappa shape index (κ1) is 26.5. The Labute approximate surface area is 247 Å². The van der Waals surface area contributed by atoms with Crippen molar-refractivity contribution in [3.8, 4) is 22.4 Å². The largest absolute Gasteiger partial charge is 0.387 e. The number of aliphatic hydroxyl groups excluding tert-OH is 1. The van der Waals surface area contributed by atoms with Gasteiger partial charge in [-0.15, -0.1) is 0 Å². The Hall–Kier alpha value is -2.77. The molecule has 2 N–H and O–H groups in total. The number of rotatable bonds is 5. The number of amides is 1. The second-order valence-corrected chi connectivity index (χ2v) is 12.6. The maximum atomic E-state index is 11.9. The minimum absolute atomic E-state index is 0.0399. The number of likely N-dealkylation sites (tertiary alicyclic amines) is 1. The van der Waals surface area contributed by atoms with Crippen LogP contribution in [-0.2, 0) is 8.40 Å². The number of fused-ring (bicyclic) bond motifs is 3. The predicted octanol–water partition coefficient (Wildman–Crippen LogP) is 5.09. The van der Waals surface area contributed by atoms with Crippen LogP contribution in [-0.4, -0.2) is 64.9 Å². The van der Waals surface area contributed by atoms with Crippen LogP contribution in [0.15, 0.2) is 55.1 Å². The molecule has 1 fully saturated rings. The quantitative estimate of drug-likeness (QED) is 0.199. The number of hydrogen-bond acceptors (Lipinski definition) is 6. The Morgan fingerprint density at radius 2 is 1.97 bits per heavy atom. The topological polar surface area (TPSA) is 109 Å². The summed E-state index contributed by atoms with van der Waals surface area (Å²) in [5.74, 6) is -0.269. The Balaban J connectivity index is 1.46. The number of benzene rings is 1. The molecule has 6 rings (SSSR count).